The molecule has 1 nitrogen and oxygen atoms in total. The molecular weight excluding hydrogens is 483 g/mol. The minimum atomic E-state index is -4.82. The van der Waals surface area contributed by atoms with Gasteiger partial charge < -0.3 is 4.74 Å². The van der Waals surface area contributed by atoms with Gasteiger partial charge in [-0.15, -0.1) is 0 Å². The molecule has 1 saturated heterocycles. The highest BCUT2D eigenvalue weighted by Crippen LogP contribution is 2.36. The van der Waals surface area contributed by atoms with Crippen LogP contribution in [0.1, 0.15) is 88.7 Å². The lowest BCUT2D eigenvalue weighted by atomic mass is 9.82. The Morgan fingerprint density at radius 1 is 0.973 bits per heavy atom. The minimum absolute atomic E-state index is 0.0611. The van der Waals surface area contributed by atoms with Crippen LogP contribution in [-0.2, 0) is 4.74 Å². The highest BCUT2D eigenvalue weighted by molar-refractivity contribution is 5.88. The molecule has 1 aliphatic carbocycles. The Labute approximate surface area is 216 Å². The van der Waals surface area contributed by atoms with Crippen LogP contribution in [0.15, 0.2) is 30.3 Å². The monoisotopic (exact) mass is 518 g/mol. The Hall–Kier alpha value is -2.39. The summed E-state index contributed by atoms with van der Waals surface area (Å²) in [5, 5.41) is 0.376. The molecular formula is C31H35F5O. The number of fused-ring (bicyclic) bond motifs is 1. The van der Waals surface area contributed by atoms with Gasteiger partial charge in [0, 0.05) is 17.9 Å². The third kappa shape index (κ3) is 7.57. The van der Waals surface area contributed by atoms with Gasteiger partial charge >= 0.3 is 6.18 Å². The van der Waals surface area contributed by atoms with Crippen molar-refractivity contribution in [1.29, 1.82) is 0 Å². The Morgan fingerprint density at radius 2 is 1.81 bits per heavy atom. The molecule has 0 amide bonds. The zero-order valence-corrected chi connectivity index (χ0v) is 21.4. The molecule has 1 heterocycles. The lowest BCUT2D eigenvalue weighted by Gasteiger charge is -2.30. The van der Waals surface area contributed by atoms with Gasteiger partial charge in [-0.1, -0.05) is 50.3 Å². The van der Waals surface area contributed by atoms with E-state index >= 15 is 0 Å². The second-order valence-corrected chi connectivity index (χ2v) is 10.6. The van der Waals surface area contributed by atoms with Crippen molar-refractivity contribution in [1.82, 2.24) is 0 Å². The number of hydrogen-bond donors (Lipinski definition) is 0. The third-order valence-electron chi connectivity index (χ3n) is 7.83. The zero-order valence-electron chi connectivity index (χ0n) is 21.4. The molecule has 0 spiro atoms. The van der Waals surface area contributed by atoms with Gasteiger partial charge in [-0.2, -0.15) is 13.2 Å². The van der Waals surface area contributed by atoms with Crippen molar-refractivity contribution < 1.29 is 26.7 Å². The van der Waals surface area contributed by atoms with Crippen LogP contribution < -0.4 is 0 Å². The molecule has 3 unspecified atom stereocenters. The van der Waals surface area contributed by atoms with Crippen LogP contribution in [0.5, 0.6) is 0 Å². The molecule has 0 aromatic heterocycles. The molecule has 4 rings (SSSR count). The van der Waals surface area contributed by atoms with Crippen LogP contribution >= 0.6 is 0 Å². The Bertz CT molecular complexity index is 1160. The average Bonchev–Trinajstić information content (AvgIpc) is 2.87. The summed E-state index contributed by atoms with van der Waals surface area (Å²) in [6, 6.07) is 6.03. The van der Waals surface area contributed by atoms with E-state index in [0.717, 1.165) is 74.2 Å². The maximum atomic E-state index is 14.7. The highest BCUT2D eigenvalue weighted by Gasteiger charge is 2.25. The lowest BCUT2D eigenvalue weighted by Crippen LogP contribution is -2.26. The molecule has 200 valence electrons. The predicted octanol–water partition coefficient (Wildman–Crippen LogP) is 9.37. The standard InChI is InChI=1S/C31H35F5O/c1-2-3-4-5-22-9-14-26(37-20-22)13-8-21-6-10-23(11-7-21)24-12-15-27-25(18-24)19-29(32)28(30(27)33)16-17-31(34,35)36/h10,12,15,18-19,21-22,26H,2-9,11,13-14,20H2,1H3. The quantitative estimate of drug-likeness (QED) is 0.192. The van der Waals surface area contributed by atoms with Crippen LogP contribution in [0.4, 0.5) is 22.0 Å². The summed E-state index contributed by atoms with van der Waals surface area (Å²) in [5.41, 5.74) is 1.18. The van der Waals surface area contributed by atoms with E-state index in [1.54, 1.807) is 18.1 Å². The predicted molar refractivity (Wildman–Crippen MR) is 138 cm³/mol. The van der Waals surface area contributed by atoms with Crippen molar-refractivity contribution in [2.45, 2.75) is 89.8 Å². The fraction of sp³-hybridized carbons (Fsp3) is 0.548. The molecule has 37 heavy (non-hydrogen) atoms. The number of alkyl halides is 3. The van der Waals surface area contributed by atoms with E-state index in [-0.39, 0.29) is 5.39 Å². The second kappa shape index (κ2) is 12.4. The molecule has 3 atom stereocenters. The van der Waals surface area contributed by atoms with E-state index in [4.69, 9.17) is 4.74 Å². The second-order valence-electron chi connectivity index (χ2n) is 10.6. The lowest BCUT2D eigenvalue weighted by molar-refractivity contribution is -0.0696. The number of unbranched alkanes of at least 4 members (excludes halogenated alkanes) is 2. The maximum Gasteiger partial charge on any atom is 0.458 e. The smallest absolute Gasteiger partial charge is 0.378 e. The van der Waals surface area contributed by atoms with Crippen LogP contribution in [-0.4, -0.2) is 18.9 Å². The van der Waals surface area contributed by atoms with E-state index in [1.165, 1.54) is 38.2 Å². The van der Waals surface area contributed by atoms with Crippen molar-refractivity contribution in [3.8, 4) is 11.8 Å². The van der Waals surface area contributed by atoms with Gasteiger partial charge in [0.1, 0.15) is 11.6 Å². The molecule has 2 aromatic carbocycles. The summed E-state index contributed by atoms with van der Waals surface area (Å²) >= 11 is 0. The summed E-state index contributed by atoms with van der Waals surface area (Å²) in [5.74, 6) is 1.73. The Morgan fingerprint density at radius 3 is 2.49 bits per heavy atom. The van der Waals surface area contributed by atoms with E-state index in [0.29, 0.717) is 17.4 Å². The van der Waals surface area contributed by atoms with Crippen molar-refractivity contribution in [2.75, 3.05) is 6.61 Å². The molecule has 6 heteroatoms. The van der Waals surface area contributed by atoms with Crippen molar-refractivity contribution >= 4 is 16.3 Å². The van der Waals surface area contributed by atoms with Crippen LogP contribution in [0.25, 0.3) is 16.3 Å². The SMILES string of the molecule is CCCCCC1CCC(CCC2CC=C(c3ccc4c(F)c(C#CC(F)(F)F)c(F)cc4c3)CC2)OC1. The number of halogens is 5. The summed E-state index contributed by atoms with van der Waals surface area (Å²) in [6.07, 6.45) is 10.6. The Kier molecular flexibility index (Phi) is 9.29. The fourth-order valence-electron chi connectivity index (χ4n) is 5.61. The van der Waals surface area contributed by atoms with Crippen molar-refractivity contribution in [3.05, 3.63) is 53.1 Å². The van der Waals surface area contributed by atoms with Gasteiger partial charge in [0.15, 0.2) is 0 Å². The maximum absolute atomic E-state index is 14.7. The number of hydrogen-bond acceptors (Lipinski definition) is 1. The molecule has 0 N–H and O–H groups in total. The Balaban J connectivity index is 1.33. The van der Waals surface area contributed by atoms with Crippen LogP contribution in [0.3, 0.4) is 0 Å². The first-order valence-electron chi connectivity index (χ1n) is 13.6. The topological polar surface area (TPSA) is 9.23 Å². The molecule has 0 bridgehead atoms. The normalized spacial score (nSPS) is 22.4. The summed E-state index contributed by atoms with van der Waals surface area (Å²) in [7, 11) is 0. The van der Waals surface area contributed by atoms with Gasteiger partial charge in [-0.05, 0) is 91.9 Å². The molecule has 1 fully saturated rings. The first-order chi connectivity index (χ1) is 17.7. The number of benzene rings is 2. The summed E-state index contributed by atoms with van der Waals surface area (Å²) in [4.78, 5) is 0. The van der Waals surface area contributed by atoms with Gasteiger partial charge in [-0.3, -0.25) is 0 Å². The fourth-order valence-corrected chi connectivity index (χ4v) is 5.61. The van der Waals surface area contributed by atoms with Gasteiger partial charge in [0.2, 0.25) is 0 Å². The number of allylic oxidation sites excluding steroid dienone is 2. The molecule has 2 aliphatic rings. The van der Waals surface area contributed by atoms with Gasteiger partial charge in [0.25, 0.3) is 0 Å². The van der Waals surface area contributed by atoms with Crippen molar-refractivity contribution in [3.63, 3.8) is 0 Å². The number of rotatable bonds is 8. The van der Waals surface area contributed by atoms with E-state index in [2.05, 4.69) is 13.0 Å². The molecule has 1 aliphatic heterocycles. The minimum Gasteiger partial charge on any atom is -0.378 e. The number of ether oxygens (including phenoxy) is 1. The summed E-state index contributed by atoms with van der Waals surface area (Å²) < 4.78 is 72.4. The molecule has 0 radical (unpaired) electrons. The average molecular weight is 519 g/mol. The molecule has 2 aromatic rings. The first kappa shape index (κ1) is 27.6. The van der Waals surface area contributed by atoms with Gasteiger partial charge in [-0.25, -0.2) is 8.78 Å². The van der Waals surface area contributed by atoms with E-state index in [1.807, 2.05) is 0 Å². The summed E-state index contributed by atoms with van der Waals surface area (Å²) in [6.45, 7) is 3.14. The third-order valence-corrected chi connectivity index (χ3v) is 7.83. The van der Waals surface area contributed by atoms with Crippen molar-refractivity contribution in [2.24, 2.45) is 11.8 Å². The van der Waals surface area contributed by atoms with E-state index < -0.39 is 23.4 Å². The zero-order chi connectivity index (χ0) is 26.4. The van der Waals surface area contributed by atoms with Crippen LogP contribution in [0.2, 0.25) is 0 Å². The first-order valence-corrected chi connectivity index (χ1v) is 13.6. The van der Waals surface area contributed by atoms with Crippen LogP contribution in [0, 0.1) is 35.3 Å². The van der Waals surface area contributed by atoms with E-state index in [9.17, 15) is 22.0 Å². The van der Waals surface area contributed by atoms with Gasteiger partial charge in [0.05, 0.1) is 11.7 Å². The highest BCUT2D eigenvalue weighted by atomic mass is 19.4. The largest absolute Gasteiger partial charge is 0.458 e. The molecule has 0 saturated carbocycles.